The Labute approximate surface area is 139 Å². The molecule has 0 N–H and O–H groups in total. The van der Waals surface area contributed by atoms with Crippen molar-refractivity contribution in [2.24, 2.45) is 0 Å². The highest BCUT2D eigenvalue weighted by Gasteiger charge is 2.43. The number of methoxy groups -OCH3 is 1. The molecule has 124 valence electrons. The highest BCUT2D eigenvalue weighted by molar-refractivity contribution is 5.93. The van der Waals surface area contributed by atoms with Crippen LogP contribution in [-0.2, 0) is 0 Å². The molecule has 1 amide bonds. The fourth-order valence-corrected chi connectivity index (χ4v) is 3.65. The number of carbonyl (C=O) groups excluding carboxylic acids is 1. The van der Waals surface area contributed by atoms with Crippen LogP contribution in [0.2, 0.25) is 0 Å². The second kappa shape index (κ2) is 6.03. The molecule has 2 atom stereocenters. The highest BCUT2D eigenvalue weighted by Crippen LogP contribution is 2.35. The molecule has 0 aromatic carbocycles. The van der Waals surface area contributed by atoms with E-state index in [4.69, 9.17) is 4.74 Å². The summed E-state index contributed by atoms with van der Waals surface area (Å²) in [7, 11) is 1.62. The molecule has 2 aliphatic rings. The van der Waals surface area contributed by atoms with Crippen molar-refractivity contribution in [1.29, 1.82) is 0 Å². The number of nitrogens with zero attached hydrogens (tertiary/aromatic N) is 6. The highest BCUT2D eigenvalue weighted by atomic mass is 16.5. The van der Waals surface area contributed by atoms with Gasteiger partial charge >= 0.3 is 0 Å². The molecule has 8 heteroatoms. The van der Waals surface area contributed by atoms with Crippen LogP contribution in [-0.4, -0.2) is 63.0 Å². The van der Waals surface area contributed by atoms with Crippen LogP contribution in [0.1, 0.15) is 23.3 Å². The summed E-state index contributed by atoms with van der Waals surface area (Å²) in [5.41, 5.74) is 0.454. The van der Waals surface area contributed by atoms with Gasteiger partial charge < -0.3 is 14.5 Å². The largest absolute Gasteiger partial charge is 0.491 e. The first-order chi connectivity index (χ1) is 11.8. The molecule has 4 heterocycles. The predicted molar refractivity (Wildman–Crippen MR) is 85.8 cm³/mol. The first kappa shape index (κ1) is 14.8. The average Bonchev–Trinajstić information content (AvgIpc) is 2.91. The minimum Gasteiger partial charge on any atom is -0.491 e. The molecule has 4 rings (SSSR count). The molecule has 0 saturated carbocycles. The van der Waals surface area contributed by atoms with Crippen LogP contribution in [0.5, 0.6) is 5.75 Å². The van der Waals surface area contributed by atoms with Crippen LogP contribution in [0.25, 0.3) is 0 Å². The van der Waals surface area contributed by atoms with Gasteiger partial charge in [0.2, 0.25) is 0 Å². The summed E-state index contributed by atoms with van der Waals surface area (Å²) in [6.07, 6.45) is 8.19. The predicted octanol–water partition coefficient (Wildman–Crippen LogP) is 0.769. The summed E-state index contributed by atoms with van der Waals surface area (Å²) in [6, 6.07) is 1.98. The summed E-state index contributed by atoms with van der Waals surface area (Å²) in [5.74, 6) is 1.44. The number of carbonyl (C=O) groups is 1. The zero-order valence-electron chi connectivity index (χ0n) is 13.4. The number of hydrogen-bond acceptors (Lipinski definition) is 7. The smallest absolute Gasteiger partial charge is 0.273 e. The van der Waals surface area contributed by atoms with Crippen LogP contribution in [0, 0.1) is 0 Å². The number of fused-ring (bicyclic) bond motifs is 2. The van der Waals surface area contributed by atoms with Crippen LogP contribution >= 0.6 is 0 Å². The van der Waals surface area contributed by atoms with E-state index in [-0.39, 0.29) is 18.0 Å². The van der Waals surface area contributed by atoms with E-state index >= 15 is 0 Å². The van der Waals surface area contributed by atoms with Gasteiger partial charge in [-0.15, -0.1) is 0 Å². The topological polar surface area (TPSA) is 84.3 Å². The van der Waals surface area contributed by atoms with Crippen molar-refractivity contribution in [3.63, 3.8) is 0 Å². The number of anilines is 1. The van der Waals surface area contributed by atoms with Crippen LogP contribution in [0.15, 0.2) is 31.1 Å². The van der Waals surface area contributed by atoms with E-state index in [2.05, 4.69) is 24.8 Å². The van der Waals surface area contributed by atoms with Gasteiger partial charge in [0.15, 0.2) is 11.6 Å². The van der Waals surface area contributed by atoms with Crippen molar-refractivity contribution < 1.29 is 9.53 Å². The molecular formula is C16H18N6O2. The molecule has 2 unspecified atom stereocenters. The van der Waals surface area contributed by atoms with Crippen LogP contribution < -0.4 is 9.64 Å². The van der Waals surface area contributed by atoms with Crippen LogP contribution in [0.4, 0.5) is 5.82 Å². The van der Waals surface area contributed by atoms with Crippen molar-refractivity contribution in [3.05, 3.63) is 36.8 Å². The lowest BCUT2D eigenvalue weighted by molar-refractivity contribution is 0.0634. The third kappa shape index (κ3) is 2.44. The van der Waals surface area contributed by atoms with Crippen molar-refractivity contribution in [3.8, 4) is 5.75 Å². The fourth-order valence-electron chi connectivity index (χ4n) is 3.65. The first-order valence-electron chi connectivity index (χ1n) is 7.95. The number of piperazine rings is 1. The molecule has 0 spiro atoms. The quantitative estimate of drug-likeness (QED) is 0.823. The Hall–Kier alpha value is -2.77. The summed E-state index contributed by atoms with van der Waals surface area (Å²) in [4.78, 5) is 33.3. The van der Waals surface area contributed by atoms with E-state index in [9.17, 15) is 4.79 Å². The summed E-state index contributed by atoms with van der Waals surface area (Å²) >= 11 is 0. The van der Waals surface area contributed by atoms with E-state index < -0.39 is 0 Å². The number of amides is 1. The maximum atomic E-state index is 12.8. The lowest BCUT2D eigenvalue weighted by Gasteiger charge is -2.41. The van der Waals surface area contributed by atoms with Gasteiger partial charge in [0.1, 0.15) is 18.3 Å². The Kier molecular flexibility index (Phi) is 3.72. The van der Waals surface area contributed by atoms with Gasteiger partial charge in [0, 0.05) is 19.3 Å². The molecule has 2 saturated heterocycles. The average molecular weight is 326 g/mol. The molecule has 2 bridgehead atoms. The summed E-state index contributed by atoms with van der Waals surface area (Å²) in [6.45, 7) is 1.47. The minimum absolute atomic E-state index is 0.0146. The van der Waals surface area contributed by atoms with Gasteiger partial charge in [-0.2, -0.15) is 0 Å². The first-order valence-corrected chi connectivity index (χ1v) is 7.95. The van der Waals surface area contributed by atoms with Crippen molar-refractivity contribution >= 4 is 11.7 Å². The van der Waals surface area contributed by atoms with E-state index in [0.717, 1.165) is 31.7 Å². The summed E-state index contributed by atoms with van der Waals surface area (Å²) in [5, 5.41) is 0. The Morgan fingerprint density at radius 2 is 1.92 bits per heavy atom. The maximum absolute atomic E-state index is 12.8. The normalized spacial score (nSPS) is 22.5. The van der Waals surface area contributed by atoms with Crippen molar-refractivity contribution in [2.75, 3.05) is 25.1 Å². The summed E-state index contributed by atoms with van der Waals surface area (Å²) < 4.78 is 5.37. The molecule has 8 nitrogen and oxygen atoms in total. The minimum atomic E-state index is -0.0146. The van der Waals surface area contributed by atoms with Crippen molar-refractivity contribution in [1.82, 2.24) is 24.8 Å². The molecule has 24 heavy (non-hydrogen) atoms. The van der Waals surface area contributed by atoms with E-state index in [1.165, 1.54) is 12.7 Å². The molecule has 2 fully saturated rings. The third-order valence-electron chi connectivity index (χ3n) is 4.70. The molecule has 2 aliphatic heterocycles. The van der Waals surface area contributed by atoms with Gasteiger partial charge in [0.25, 0.3) is 5.91 Å². The Morgan fingerprint density at radius 1 is 1.17 bits per heavy atom. The van der Waals surface area contributed by atoms with Gasteiger partial charge in [0.05, 0.1) is 25.4 Å². The lowest BCUT2D eigenvalue weighted by Crippen LogP contribution is -2.56. The zero-order valence-corrected chi connectivity index (χ0v) is 13.4. The second-order valence-corrected chi connectivity index (χ2v) is 6.01. The Balaban J connectivity index is 1.57. The number of rotatable bonds is 3. The Morgan fingerprint density at radius 3 is 2.58 bits per heavy atom. The number of ether oxygens (including phenoxy) is 1. The van der Waals surface area contributed by atoms with Gasteiger partial charge in [-0.1, -0.05) is 0 Å². The zero-order chi connectivity index (χ0) is 16.5. The SMILES string of the molecule is COc1cncnc1N1CC2CCC(C1)N2C(=O)c1ccncn1. The van der Waals surface area contributed by atoms with Gasteiger partial charge in [-0.05, 0) is 18.9 Å². The number of hydrogen-bond donors (Lipinski definition) is 0. The van der Waals surface area contributed by atoms with Gasteiger partial charge in [-0.25, -0.2) is 19.9 Å². The standard InChI is InChI=1S/C16H18N6O2/c1-24-14-6-18-10-20-15(14)21-7-11-2-3-12(8-21)22(11)16(23)13-4-5-17-9-19-13/h4-6,9-12H,2-3,7-8H2,1H3. The third-order valence-corrected chi connectivity index (χ3v) is 4.70. The second-order valence-electron chi connectivity index (χ2n) is 6.01. The molecule has 2 aromatic heterocycles. The lowest BCUT2D eigenvalue weighted by atomic mass is 10.1. The van der Waals surface area contributed by atoms with E-state index in [1.807, 2.05) is 4.90 Å². The maximum Gasteiger partial charge on any atom is 0.273 e. The monoisotopic (exact) mass is 326 g/mol. The fraction of sp³-hybridized carbons (Fsp3) is 0.438. The number of aromatic nitrogens is 4. The molecular weight excluding hydrogens is 308 g/mol. The molecule has 0 radical (unpaired) electrons. The van der Waals surface area contributed by atoms with E-state index in [1.54, 1.807) is 25.6 Å². The molecule has 2 aromatic rings. The van der Waals surface area contributed by atoms with Gasteiger partial charge in [-0.3, -0.25) is 4.79 Å². The van der Waals surface area contributed by atoms with E-state index in [0.29, 0.717) is 11.4 Å². The van der Waals surface area contributed by atoms with Crippen LogP contribution in [0.3, 0.4) is 0 Å². The Bertz CT molecular complexity index is 726. The molecule has 0 aliphatic carbocycles. The van der Waals surface area contributed by atoms with Crippen molar-refractivity contribution in [2.45, 2.75) is 24.9 Å².